The first kappa shape index (κ1) is 7.65. The zero-order valence-corrected chi connectivity index (χ0v) is 5.93. The Bertz CT molecular complexity index is 73.7. The van der Waals surface area contributed by atoms with Crippen molar-refractivity contribution >= 4 is 16.0 Å². The molecule has 0 aliphatic rings. The maximum Gasteiger partial charge on any atom is 0.523 e. The second-order valence-electron chi connectivity index (χ2n) is 1.11. The van der Waals surface area contributed by atoms with Gasteiger partial charge >= 0.3 is 10.0 Å². The van der Waals surface area contributed by atoms with Crippen molar-refractivity contribution in [3.63, 3.8) is 0 Å². The van der Waals surface area contributed by atoms with Crippen LogP contribution >= 0.6 is 0 Å². The average Bonchev–Trinajstić information content (AvgIpc) is 1.66. The Morgan fingerprint density at radius 1 is 1.75 bits per heavy atom. The molecule has 0 saturated carbocycles. The minimum absolute atomic E-state index is 0.137. The molecule has 0 heterocycles. The predicted molar refractivity (Wildman–Crippen MR) is 29.1 cm³/mol. The van der Waals surface area contributed by atoms with E-state index in [1.165, 1.54) is 6.92 Å². The summed E-state index contributed by atoms with van der Waals surface area (Å²) in [6.07, 6.45) is 0. The lowest BCUT2D eigenvalue weighted by Crippen LogP contribution is -2.07. The Morgan fingerprint density at radius 2 is 2.38 bits per heavy atom. The Labute approximate surface area is 51.0 Å². The third-order valence-corrected chi connectivity index (χ3v) is 1.17. The lowest BCUT2D eigenvalue weighted by molar-refractivity contribution is -0.132. The van der Waals surface area contributed by atoms with Crippen LogP contribution in [0.1, 0.15) is 13.8 Å². The van der Waals surface area contributed by atoms with Crippen LogP contribution in [-0.4, -0.2) is 22.6 Å². The van der Waals surface area contributed by atoms with Crippen molar-refractivity contribution < 1.29 is 13.6 Å². The molecule has 0 aliphatic heterocycles. The van der Waals surface area contributed by atoms with Crippen LogP contribution in [-0.2, 0) is 13.6 Å². The van der Waals surface area contributed by atoms with Gasteiger partial charge in [0.05, 0.1) is 0 Å². The number of rotatable bonds is 3. The van der Waals surface area contributed by atoms with Crippen LogP contribution in [0.3, 0.4) is 0 Å². The summed E-state index contributed by atoms with van der Waals surface area (Å²) in [5, 5.41) is 0. The molecule has 0 saturated heterocycles. The molecule has 0 bridgehead atoms. The highest BCUT2D eigenvalue weighted by Crippen LogP contribution is 1.73. The van der Waals surface area contributed by atoms with Crippen LogP contribution in [0.15, 0.2) is 0 Å². The summed E-state index contributed by atoms with van der Waals surface area (Å²) < 4.78 is 9.18. The summed E-state index contributed by atoms with van der Waals surface area (Å²) in [7, 11) is -0.137. The molecule has 0 N–H and O–H groups in total. The Kier molecular flexibility index (Phi) is 4.59. The fraction of sp³-hybridized carbons (Fsp3) is 0.750. The lowest BCUT2D eigenvalue weighted by atomic mass is 10.9. The van der Waals surface area contributed by atoms with E-state index >= 15 is 0 Å². The Morgan fingerprint density at radius 3 is 2.75 bits per heavy atom. The number of hydrogen-bond donors (Lipinski definition) is 0. The Hall–Kier alpha value is -0.353. The van der Waals surface area contributed by atoms with Gasteiger partial charge in [0.15, 0.2) is 0 Å². The summed E-state index contributed by atoms with van der Waals surface area (Å²) in [5.41, 5.74) is 0. The van der Waals surface area contributed by atoms with Crippen LogP contribution in [0.4, 0.5) is 0 Å². The van der Waals surface area contributed by atoms with Gasteiger partial charge < -0.3 is 8.85 Å². The van der Waals surface area contributed by atoms with E-state index in [4.69, 9.17) is 4.43 Å². The van der Waals surface area contributed by atoms with Crippen molar-refractivity contribution in [2.45, 2.75) is 13.8 Å². The quantitative estimate of drug-likeness (QED) is 0.404. The van der Waals surface area contributed by atoms with Crippen molar-refractivity contribution in [2.24, 2.45) is 0 Å². The van der Waals surface area contributed by atoms with Gasteiger partial charge in [-0.3, -0.25) is 4.79 Å². The van der Waals surface area contributed by atoms with Gasteiger partial charge in [0.1, 0.15) is 0 Å². The molecule has 0 aliphatic carbocycles. The lowest BCUT2D eigenvalue weighted by Gasteiger charge is -1.94. The second-order valence-corrected chi connectivity index (χ2v) is 1.77. The standard InChI is InChI=1S/C4H8O3Si/c1-3-6-8-7-4(2)5/h3H2,1-2H3. The molecule has 4 heteroatoms. The molecular formula is C4H8O3Si. The van der Waals surface area contributed by atoms with Gasteiger partial charge in [0, 0.05) is 13.5 Å². The molecule has 0 rings (SSSR count). The van der Waals surface area contributed by atoms with Crippen molar-refractivity contribution in [2.75, 3.05) is 6.61 Å². The van der Waals surface area contributed by atoms with Crippen molar-refractivity contribution in [3.8, 4) is 0 Å². The van der Waals surface area contributed by atoms with E-state index in [1.54, 1.807) is 0 Å². The molecule has 0 aromatic carbocycles. The molecule has 2 radical (unpaired) electrons. The number of carbonyl (C=O) groups is 1. The van der Waals surface area contributed by atoms with E-state index in [9.17, 15) is 4.79 Å². The minimum Gasteiger partial charge on any atom is -0.491 e. The average molecular weight is 132 g/mol. The molecule has 46 valence electrons. The highest BCUT2D eigenvalue weighted by atomic mass is 28.3. The molecule has 0 spiro atoms. The maximum atomic E-state index is 10.0. The second kappa shape index (κ2) is 4.80. The van der Waals surface area contributed by atoms with Crippen molar-refractivity contribution in [1.82, 2.24) is 0 Å². The summed E-state index contributed by atoms with van der Waals surface area (Å²) in [6.45, 7) is 3.79. The first-order valence-corrected chi connectivity index (χ1v) is 3.13. The van der Waals surface area contributed by atoms with Crippen LogP contribution in [0.5, 0.6) is 0 Å². The van der Waals surface area contributed by atoms with Crippen molar-refractivity contribution in [1.29, 1.82) is 0 Å². The fourth-order valence-electron chi connectivity index (χ4n) is 0.147. The van der Waals surface area contributed by atoms with Gasteiger partial charge in [-0.1, -0.05) is 0 Å². The van der Waals surface area contributed by atoms with Crippen LogP contribution in [0.2, 0.25) is 0 Å². The normalized spacial score (nSPS) is 8.75. The fourth-order valence-corrected chi connectivity index (χ4v) is 0.441. The highest BCUT2D eigenvalue weighted by Gasteiger charge is 1.93. The van der Waals surface area contributed by atoms with Crippen LogP contribution < -0.4 is 0 Å². The topological polar surface area (TPSA) is 35.5 Å². The molecule has 0 aromatic heterocycles. The minimum atomic E-state index is -0.295. The zero-order chi connectivity index (χ0) is 6.41. The number of carbonyl (C=O) groups excluding carboxylic acids is 1. The summed E-state index contributed by atoms with van der Waals surface area (Å²) in [4.78, 5) is 10.0. The molecule has 8 heavy (non-hydrogen) atoms. The van der Waals surface area contributed by atoms with E-state index in [0.717, 1.165) is 0 Å². The maximum absolute atomic E-state index is 10.0. The van der Waals surface area contributed by atoms with E-state index < -0.39 is 0 Å². The van der Waals surface area contributed by atoms with Crippen molar-refractivity contribution in [3.05, 3.63) is 0 Å². The molecule has 0 unspecified atom stereocenters. The van der Waals surface area contributed by atoms with E-state index in [2.05, 4.69) is 4.43 Å². The molecule has 3 nitrogen and oxygen atoms in total. The van der Waals surface area contributed by atoms with Gasteiger partial charge in [-0.2, -0.15) is 0 Å². The molecular weight excluding hydrogens is 124 g/mol. The van der Waals surface area contributed by atoms with Gasteiger partial charge in [-0.25, -0.2) is 0 Å². The van der Waals surface area contributed by atoms with E-state index in [0.29, 0.717) is 6.61 Å². The molecule has 0 fully saturated rings. The summed E-state index contributed by atoms with van der Waals surface area (Å²) in [6, 6.07) is 0. The van der Waals surface area contributed by atoms with Gasteiger partial charge in [-0.05, 0) is 6.92 Å². The largest absolute Gasteiger partial charge is 0.523 e. The van der Waals surface area contributed by atoms with E-state index in [1.807, 2.05) is 6.92 Å². The first-order valence-electron chi connectivity index (χ1n) is 2.31. The number of hydrogen-bond acceptors (Lipinski definition) is 3. The Balaban J connectivity index is 2.82. The van der Waals surface area contributed by atoms with Gasteiger partial charge in [-0.15, -0.1) is 0 Å². The smallest absolute Gasteiger partial charge is 0.491 e. The summed E-state index contributed by atoms with van der Waals surface area (Å²) in [5.74, 6) is -0.295. The third-order valence-electron chi connectivity index (χ3n) is 0.389. The predicted octanol–water partition coefficient (Wildman–Crippen LogP) is 0.120. The SMILES string of the molecule is CCO[Si]OC(C)=O. The molecule has 0 aromatic rings. The summed E-state index contributed by atoms with van der Waals surface area (Å²) >= 11 is 0. The first-order chi connectivity index (χ1) is 3.77. The highest BCUT2D eigenvalue weighted by molar-refractivity contribution is 6.22. The molecule has 0 atom stereocenters. The zero-order valence-electron chi connectivity index (χ0n) is 4.93. The van der Waals surface area contributed by atoms with Gasteiger partial charge in [0.25, 0.3) is 5.97 Å². The molecule has 0 amide bonds. The van der Waals surface area contributed by atoms with E-state index in [-0.39, 0.29) is 16.0 Å². The van der Waals surface area contributed by atoms with Crippen LogP contribution in [0, 0.1) is 0 Å². The van der Waals surface area contributed by atoms with Crippen LogP contribution in [0.25, 0.3) is 0 Å². The monoisotopic (exact) mass is 132 g/mol. The third kappa shape index (κ3) is 5.65. The van der Waals surface area contributed by atoms with Gasteiger partial charge in [0.2, 0.25) is 0 Å².